The Labute approximate surface area is 123 Å². The molecule has 5 heteroatoms. The Morgan fingerprint density at radius 1 is 1.19 bits per heavy atom. The molecule has 21 heavy (non-hydrogen) atoms. The second-order valence-corrected chi connectivity index (χ2v) is 5.37. The smallest absolute Gasteiger partial charge is 0.244 e. The Bertz CT molecular complexity index is 663. The minimum Gasteiger partial charge on any atom is -0.301 e. The first-order valence-electron chi connectivity index (χ1n) is 7.05. The van der Waals surface area contributed by atoms with Gasteiger partial charge in [-0.3, -0.25) is 10.1 Å². The molecule has 1 amide bonds. The van der Waals surface area contributed by atoms with Gasteiger partial charge in [0.25, 0.3) is 0 Å². The van der Waals surface area contributed by atoms with Crippen LogP contribution in [0.3, 0.4) is 0 Å². The van der Waals surface area contributed by atoms with E-state index in [1.807, 2.05) is 32.0 Å². The number of aryl methyl sites for hydroxylation is 2. The SMILES string of the molecule is Cc1cc(C)nc(NC(=O)C2Cc3ccccc3CN2)n1. The lowest BCUT2D eigenvalue weighted by atomic mass is 9.95. The Hall–Kier alpha value is -2.27. The number of hydrogen-bond acceptors (Lipinski definition) is 4. The standard InChI is InChI=1S/C16H18N4O/c1-10-7-11(2)19-16(18-10)20-15(21)14-8-12-5-3-4-6-13(12)9-17-14/h3-7,14,17H,8-9H2,1-2H3,(H,18,19,20,21). The summed E-state index contributed by atoms with van der Waals surface area (Å²) in [7, 11) is 0. The van der Waals surface area contributed by atoms with Gasteiger partial charge in [-0.05, 0) is 37.5 Å². The maximum Gasteiger partial charge on any atom is 0.244 e. The Kier molecular flexibility index (Phi) is 3.66. The van der Waals surface area contributed by atoms with Crippen molar-refractivity contribution in [3.8, 4) is 0 Å². The molecular weight excluding hydrogens is 264 g/mol. The maximum atomic E-state index is 12.3. The number of amides is 1. The highest BCUT2D eigenvalue weighted by Gasteiger charge is 2.24. The van der Waals surface area contributed by atoms with E-state index in [1.165, 1.54) is 11.1 Å². The molecule has 5 nitrogen and oxygen atoms in total. The van der Waals surface area contributed by atoms with E-state index >= 15 is 0 Å². The van der Waals surface area contributed by atoms with Crippen molar-refractivity contribution in [1.82, 2.24) is 15.3 Å². The highest BCUT2D eigenvalue weighted by atomic mass is 16.2. The summed E-state index contributed by atoms with van der Waals surface area (Å²) in [5.74, 6) is 0.285. The second kappa shape index (κ2) is 5.61. The van der Waals surface area contributed by atoms with Gasteiger partial charge in [0.15, 0.2) is 0 Å². The summed E-state index contributed by atoms with van der Waals surface area (Å²) in [4.78, 5) is 20.8. The molecular formula is C16H18N4O. The first kappa shape index (κ1) is 13.7. The van der Waals surface area contributed by atoms with Crippen LogP contribution in [-0.4, -0.2) is 21.9 Å². The van der Waals surface area contributed by atoms with Crippen LogP contribution in [0.5, 0.6) is 0 Å². The number of aromatic nitrogens is 2. The Balaban J connectivity index is 1.72. The van der Waals surface area contributed by atoms with Crippen molar-refractivity contribution < 1.29 is 4.79 Å². The van der Waals surface area contributed by atoms with E-state index in [0.29, 0.717) is 18.9 Å². The lowest BCUT2D eigenvalue weighted by Gasteiger charge is -2.25. The zero-order valence-corrected chi connectivity index (χ0v) is 12.2. The first-order valence-corrected chi connectivity index (χ1v) is 7.05. The fraction of sp³-hybridized carbons (Fsp3) is 0.312. The first-order chi connectivity index (χ1) is 10.1. The number of rotatable bonds is 2. The number of hydrogen-bond donors (Lipinski definition) is 2. The quantitative estimate of drug-likeness (QED) is 0.880. The number of carbonyl (C=O) groups is 1. The molecule has 1 aliphatic rings. The van der Waals surface area contributed by atoms with Gasteiger partial charge >= 0.3 is 0 Å². The van der Waals surface area contributed by atoms with Gasteiger partial charge in [-0.2, -0.15) is 0 Å². The van der Waals surface area contributed by atoms with Crippen LogP contribution in [0.1, 0.15) is 22.5 Å². The van der Waals surface area contributed by atoms with Crippen molar-refractivity contribution in [2.75, 3.05) is 5.32 Å². The highest BCUT2D eigenvalue weighted by molar-refractivity contribution is 5.93. The summed E-state index contributed by atoms with van der Waals surface area (Å²) >= 11 is 0. The van der Waals surface area contributed by atoms with Crippen LogP contribution in [0.4, 0.5) is 5.95 Å². The van der Waals surface area contributed by atoms with Crippen LogP contribution in [0, 0.1) is 13.8 Å². The molecule has 1 aromatic carbocycles. The molecule has 0 bridgehead atoms. The van der Waals surface area contributed by atoms with Crippen LogP contribution in [0.25, 0.3) is 0 Å². The molecule has 108 valence electrons. The lowest BCUT2D eigenvalue weighted by Crippen LogP contribution is -2.45. The van der Waals surface area contributed by atoms with Crippen molar-refractivity contribution in [2.45, 2.75) is 32.9 Å². The monoisotopic (exact) mass is 282 g/mol. The average Bonchev–Trinajstić information content (AvgIpc) is 2.45. The largest absolute Gasteiger partial charge is 0.301 e. The number of nitrogens with one attached hydrogen (secondary N) is 2. The van der Waals surface area contributed by atoms with E-state index in [1.54, 1.807) is 0 Å². The molecule has 0 spiro atoms. The minimum atomic E-state index is -0.246. The minimum absolute atomic E-state index is 0.0884. The molecule has 2 heterocycles. The Morgan fingerprint density at radius 2 is 1.86 bits per heavy atom. The molecule has 0 saturated carbocycles. The van der Waals surface area contributed by atoms with Crippen molar-refractivity contribution in [1.29, 1.82) is 0 Å². The van der Waals surface area contributed by atoms with Crippen LogP contribution in [0.15, 0.2) is 30.3 Å². The van der Waals surface area contributed by atoms with Gasteiger partial charge in [-0.25, -0.2) is 9.97 Å². The van der Waals surface area contributed by atoms with E-state index in [9.17, 15) is 4.79 Å². The van der Waals surface area contributed by atoms with Gasteiger partial charge in [0.1, 0.15) is 0 Å². The molecule has 2 N–H and O–H groups in total. The normalized spacial score (nSPS) is 17.1. The van der Waals surface area contributed by atoms with Crippen molar-refractivity contribution >= 4 is 11.9 Å². The van der Waals surface area contributed by atoms with Crippen molar-refractivity contribution in [3.05, 3.63) is 52.8 Å². The summed E-state index contributed by atoms with van der Waals surface area (Å²) in [6.07, 6.45) is 0.687. The number of fused-ring (bicyclic) bond motifs is 1. The van der Waals surface area contributed by atoms with Gasteiger partial charge in [-0.1, -0.05) is 24.3 Å². The third-order valence-corrected chi connectivity index (χ3v) is 3.62. The third kappa shape index (κ3) is 3.08. The molecule has 3 rings (SSSR count). The fourth-order valence-electron chi connectivity index (χ4n) is 2.62. The summed E-state index contributed by atoms with van der Waals surface area (Å²) < 4.78 is 0. The topological polar surface area (TPSA) is 66.9 Å². The van der Waals surface area contributed by atoms with Gasteiger partial charge in [0.2, 0.25) is 11.9 Å². The second-order valence-electron chi connectivity index (χ2n) is 5.37. The number of carbonyl (C=O) groups excluding carboxylic acids is 1. The van der Waals surface area contributed by atoms with Gasteiger partial charge < -0.3 is 5.32 Å². The summed E-state index contributed by atoms with van der Waals surface area (Å²) in [6, 6.07) is 9.82. The average molecular weight is 282 g/mol. The summed E-state index contributed by atoms with van der Waals surface area (Å²) in [5, 5.41) is 6.06. The van der Waals surface area contributed by atoms with Crippen molar-refractivity contribution in [3.63, 3.8) is 0 Å². The van der Waals surface area contributed by atoms with Gasteiger partial charge in [0.05, 0.1) is 6.04 Å². The number of nitrogens with zero attached hydrogens (tertiary/aromatic N) is 2. The number of benzene rings is 1. The third-order valence-electron chi connectivity index (χ3n) is 3.62. The Morgan fingerprint density at radius 3 is 2.57 bits per heavy atom. The van der Waals surface area contributed by atoms with E-state index in [-0.39, 0.29) is 11.9 Å². The van der Waals surface area contributed by atoms with Crippen LogP contribution in [-0.2, 0) is 17.8 Å². The molecule has 1 atom stereocenters. The van der Waals surface area contributed by atoms with Crippen molar-refractivity contribution in [2.24, 2.45) is 0 Å². The van der Waals surface area contributed by atoms with E-state index in [4.69, 9.17) is 0 Å². The zero-order chi connectivity index (χ0) is 14.8. The van der Waals surface area contributed by atoms with E-state index in [2.05, 4.69) is 32.7 Å². The summed E-state index contributed by atoms with van der Waals surface area (Å²) in [5.41, 5.74) is 4.17. The predicted molar refractivity (Wildman–Crippen MR) is 80.9 cm³/mol. The predicted octanol–water partition coefficient (Wildman–Crippen LogP) is 1.75. The highest BCUT2D eigenvalue weighted by Crippen LogP contribution is 2.17. The molecule has 1 aromatic heterocycles. The molecule has 1 aliphatic heterocycles. The van der Waals surface area contributed by atoms with E-state index in [0.717, 1.165) is 11.4 Å². The van der Waals surface area contributed by atoms with Crippen LogP contribution in [0.2, 0.25) is 0 Å². The van der Waals surface area contributed by atoms with Gasteiger partial charge in [-0.15, -0.1) is 0 Å². The molecule has 0 radical (unpaired) electrons. The molecule has 2 aromatic rings. The van der Waals surface area contributed by atoms with Crippen LogP contribution < -0.4 is 10.6 Å². The molecule has 0 aliphatic carbocycles. The fourth-order valence-corrected chi connectivity index (χ4v) is 2.62. The zero-order valence-electron chi connectivity index (χ0n) is 12.2. The number of anilines is 1. The van der Waals surface area contributed by atoms with Gasteiger partial charge in [0, 0.05) is 17.9 Å². The molecule has 0 saturated heterocycles. The molecule has 0 fully saturated rings. The maximum absolute atomic E-state index is 12.3. The van der Waals surface area contributed by atoms with Crippen LogP contribution >= 0.6 is 0 Å². The summed E-state index contributed by atoms with van der Waals surface area (Å²) in [6.45, 7) is 4.49. The lowest BCUT2D eigenvalue weighted by molar-refractivity contribution is -0.118. The van der Waals surface area contributed by atoms with E-state index < -0.39 is 0 Å². The molecule has 1 unspecified atom stereocenters.